The first-order chi connectivity index (χ1) is 9.43. The Morgan fingerprint density at radius 3 is 2.70 bits per heavy atom. The molecule has 1 saturated heterocycles. The molecule has 1 aromatic rings. The molecule has 0 saturated carbocycles. The lowest BCUT2D eigenvalue weighted by atomic mass is 9.89. The van der Waals surface area contributed by atoms with Crippen LogP contribution in [0.3, 0.4) is 0 Å². The van der Waals surface area contributed by atoms with Crippen LogP contribution in [0.5, 0.6) is 0 Å². The SMILES string of the molecule is CCCC1(O)CN(C(=O)CSc2ccc(F)c(F)c2)C1. The molecule has 110 valence electrons. The van der Waals surface area contributed by atoms with Crippen molar-refractivity contribution >= 4 is 17.7 Å². The molecule has 1 fully saturated rings. The van der Waals surface area contributed by atoms with Crippen molar-refractivity contribution in [2.24, 2.45) is 0 Å². The van der Waals surface area contributed by atoms with Gasteiger partial charge in [0.2, 0.25) is 5.91 Å². The minimum absolute atomic E-state index is 0.0967. The highest BCUT2D eigenvalue weighted by Gasteiger charge is 2.42. The van der Waals surface area contributed by atoms with Crippen LogP contribution in [-0.4, -0.2) is 40.4 Å². The first-order valence-corrected chi connectivity index (χ1v) is 7.50. The van der Waals surface area contributed by atoms with Gasteiger partial charge in [-0.1, -0.05) is 13.3 Å². The van der Waals surface area contributed by atoms with Gasteiger partial charge >= 0.3 is 0 Å². The van der Waals surface area contributed by atoms with Crippen molar-refractivity contribution in [1.29, 1.82) is 0 Å². The van der Waals surface area contributed by atoms with E-state index in [9.17, 15) is 18.7 Å². The van der Waals surface area contributed by atoms with E-state index in [-0.39, 0.29) is 11.7 Å². The van der Waals surface area contributed by atoms with Crippen molar-refractivity contribution in [3.8, 4) is 0 Å². The number of hydrogen-bond acceptors (Lipinski definition) is 3. The molecule has 0 aliphatic carbocycles. The smallest absolute Gasteiger partial charge is 0.233 e. The third-order valence-corrected chi connectivity index (χ3v) is 4.27. The van der Waals surface area contributed by atoms with E-state index in [1.807, 2.05) is 6.92 Å². The number of benzene rings is 1. The number of aliphatic hydroxyl groups is 1. The van der Waals surface area contributed by atoms with Gasteiger partial charge < -0.3 is 10.0 Å². The van der Waals surface area contributed by atoms with E-state index in [4.69, 9.17) is 0 Å². The summed E-state index contributed by atoms with van der Waals surface area (Å²) in [5.41, 5.74) is -0.739. The number of nitrogens with zero attached hydrogens (tertiary/aromatic N) is 1. The van der Waals surface area contributed by atoms with Crippen molar-refractivity contribution in [1.82, 2.24) is 4.90 Å². The van der Waals surface area contributed by atoms with Crippen LogP contribution in [0.2, 0.25) is 0 Å². The first kappa shape index (κ1) is 15.3. The maximum Gasteiger partial charge on any atom is 0.233 e. The zero-order valence-corrected chi connectivity index (χ0v) is 12.1. The zero-order chi connectivity index (χ0) is 14.8. The number of β-amino-alcohol motifs (C(OH)–C–C–N with tert-alkyl or cyclic N) is 1. The van der Waals surface area contributed by atoms with Crippen LogP contribution in [0.4, 0.5) is 8.78 Å². The summed E-state index contributed by atoms with van der Waals surface area (Å²) in [5.74, 6) is -1.75. The van der Waals surface area contributed by atoms with Gasteiger partial charge in [-0.3, -0.25) is 4.79 Å². The largest absolute Gasteiger partial charge is 0.386 e. The monoisotopic (exact) mass is 301 g/mol. The van der Waals surface area contributed by atoms with Gasteiger partial charge in [-0.25, -0.2) is 8.78 Å². The van der Waals surface area contributed by atoms with Crippen molar-refractivity contribution < 1.29 is 18.7 Å². The average molecular weight is 301 g/mol. The summed E-state index contributed by atoms with van der Waals surface area (Å²) < 4.78 is 25.8. The molecule has 0 radical (unpaired) electrons. The standard InChI is InChI=1S/C14H17F2NO2S/c1-2-5-14(19)8-17(9-14)13(18)7-20-10-3-4-11(15)12(16)6-10/h3-4,6,19H,2,5,7-9H2,1H3. The molecule has 20 heavy (non-hydrogen) atoms. The lowest BCUT2D eigenvalue weighted by molar-refractivity contribution is -0.153. The molecule has 1 aliphatic heterocycles. The Hall–Kier alpha value is -1.14. The quantitative estimate of drug-likeness (QED) is 0.849. The summed E-state index contributed by atoms with van der Waals surface area (Å²) in [4.78, 5) is 14.0. The van der Waals surface area contributed by atoms with E-state index < -0.39 is 17.2 Å². The van der Waals surface area contributed by atoms with Crippen molar-refractivity contribution in [3.05, 3.63) is 29.8 Å². The fourth-order valence-electron chi connectivity index (χ4n) is 2.27. The number of carbonyl (C=O) groups is 1. The summed E-state index contributed by atoms with van der Waals surface area (Å²) in [6, 6.07) is 3.57. The number of rotatable bonds is 5. The number of hydrogen-bond donors (Lipinski definition) is 1. The molecular formula is C14H17F2NO2S. The minimum atomic E-state index is -0.913. The van der Waals surface area contributed by atoms with E-state index in [0.717, 1.165) is 30.3 Å². The highest BCUT2D eigenvalue weighted by molar-refractivity contribution is 8.00. The van der Waals surface area contributed by atoms with E-state index in [1.54, 1.807) is 4.90 Å². The second-order valence-electron chi connectivity index (χ2n) is 5.09. The maximum absolute atomic E-state index is 13.0. The summed E-state index contributed by atoms with van der Waals surface area (Å²) in [5, 5.41) is 9.99. The number of thioether (sulfide) groups is 1. The van der Waals surface area contributed by atoms with Gasteiger partial charge in [0.25, 0.3) is 0 Å². The summed E-state index contributed by atoms with van der Waals surface area (Å²) in [6.07, 6.45) is 1.56. The van der Waals surface area contributed by atoms with Crippen LogP contribution in [0.1, 0.15) is 19.8 Å². The molecule has 0 atom stereocenters. The van der Waals surface area contributed by atoms with Crippen molar-refractivity contribution in [3.63, 3.8) is 0 Å². The molecule has 1 amide bonds. The molecular weight excluding hydrogens is 284 g/mol. The van der Waals surface area contributed by atoms with Gasteiger partial charge in [0.1, 0.15) is 0 Å². The number of halogens is 2. The summed E-state index contributed by atoms with van der Waals surface area (Å²) >= 11 is 1.16. The van der Waals surface area contributed by atoms with Gasteiger partial charge in [-0.05, 0) is 24.6 Å². The Morgan fingerprint density at radius 1 is 1.40 bits per heavy atom. The van der Waals surface area contributed by atoms with Crippen molar-refractivity contribution in [2.45, 2.75) is 30.3 Å². The molecule has 1 N–H and O–H groups in total. The van der Waals surface area contributed by atoms with Crippen LogP contribution in [0.15, 0.2) is 23.1 Å². The third-order valence-electron chi connectivity index (χ3n) is 3.29. The zero-order valence-electron chi connectivity index (χ0n) is 11.2. The number of likely N-dealkylation sites (tertiary alicyclic amines) is 1. The predicted octanol–water partition coefficient (Wildman–Crippen LogP) is 2.43. The first-order valence-electron chi connectivity index (χ1n) is 6.51. The molecule has 1 aromatic carbocycles. The number of carbonyl (C=O) groups excluding carboxylic acids is 1. The molecule has 2 rings (SSSR count). The predicted molar refractivity (Wildman–Crippen MR) is 73.5 cm³/mol. The number of amides is 1. The van der Waals surface area contributed by atoms with E-state index in [2.05, 4.69) is 0 Å². The second kappa shape index (κ2) is 6.10. The van der Waals surface area contributed by atoms with Crippen LogP contribution in [-0.2, 0) is 4.79 Å². The minimum Gasteiger partial charge on any atom is -0.386 e. The van der Waals surface area contributed by atoms with Gasteiger partial charge in [0.15, 0.2) is 11.6 Å². The van der Waals surface area contributed by atoms with Crippen LogP contribution < -0.4 is 0 Å². The molecule has 0 aromatic heterocycles. The average Bonchev–Trinajstić information content (AvgIpc) is 2.37. The Morgan fingerprint density at radius 2 is 2.10 bits per heavy atom. The molecule has 0 unspecified atom stereocenters. The Balaban J connectivity index is 1.80. The van der Waals surface area contributed by atoms with Gasteiger partial charge in [-0.15, -0.1) is 11.8 Å². The highest BCUT2D eigenvalue weighted by Crippen LogP contribution is 2.27. The normalized spacial score (nSPS) is 16.9. The van der Waals surface area contributed by atoms with E-state index >= 15 is 0 Å². The van der Waals surface area contributed by atoms with Gasteiger partial charge in [0.05, 0.1) is 24.4 Å². The van der Waals surface area contributed by atoms with Gasteiger partial charge in [0, 0.05) is 4.90 Å². The van der Waals surface area contributed by atoms with E-state index in [0.29, 0.717) is 24.4 Å². The van der Waals surface area contributed by atoms with Crippen LogP contribution in [0.25, 0.3) is 0 Å². The Kier molecular flexibility index (Phi) is 4.65. The fourth-order valence-corrected chi connectivity index (χ4v) is 3.09. The van der Waals surface area contributed by atoms with Crippen molar-refractivity contribution in [2.75, 3.05) is 18.8 Å². The maximum atomic E-state index is 13.0. The molecule has 0 bridgehead atoms. The lowest BCUT2D eigenvalue weighted by Gasteiger charge is -2.46. The Labute approximate surface area is 121 Å². The van der Waals surface area contributed by atoms with Gasteiger partial charge in [-0.2, -0.15) is 0 Å². The molecule has 0 spiro atoms. The van der Waals surface area contributed by atoms with E-state index in [1.165, 1.54) is 6.07 Å². The molecule has 6 heteroatoms. The Bertz CT molecular complexity index is 504. The summed E-state index contributed by atoms with van der Waals surface area (Å²) in [7, 11) is 0. The molecule has 1 heterocycles. The highest BCUT2D eigenvalue weighted by atomic mass is 32.2. The topological polar surface area (TPSA) is 40.5 Å². The lowest BCUT2D eigenvalue weighted by Crippen LogP contribution is -2.63. The molecule has 1 aliphatic rings. The van der Waals surface area contributed by atoms with Crippen LogP contribution >= 0.6 is 11.8 Å². The third kappa shape index (κ3) is 3.49. The summed E-state index contributed by atoms with van der Waals surface area (Å²) in [6.45, 7) is 2.71. The second-order valence-corrected chi connectivity index (χ2v) is 6.14. The van der Waals surface area contributed by atoms with Crippen LogP contribution in [0, 0.1) is 11.6 Å². The molecule has 3 nitrogen and oxygen atoms in total. The fraction of sp³-hybridized carbons (Fsp3) is 0.500.